The molecule has 1 N–H and O–H groups in total. The fourth-order valence-electron chi connectivity index (χ4n) is 2.65. The van der Waals surface area contributed by atoms with Gasteiger partial charge in [-0.05, 0) is 44.9 Å². The summed E-state index contributed by atoms with van der Waals surface area (Å²) in [7, 11) is 0. The van der Waals surface area contributed by atoms with Crippen LogP contribution in [0.1, 0.15) is 48.2 Å². The van der Waals surface area contributed by atoms with E-state index in [1.54, 1.807) is 0 Å². The van der Waals surface area contributed by atoms with Crippen LogP contribution in [0.4, 0.5) is 0 Å². The average Bonchev–Trinajstić information content (AvgIpc) is 2.37. The first-order valence-electron chi connectivity index (χ1n) is 7.06. The van der Waals surface area contributed by atoms with Crippen molar-refractivity contribution >= 4 is 11.6 Å². The summed E-state index contributed by atoms with van der Waals surface area (Å²) in [5.74, 6) is 0. The Morgan fingerprint density at radius 3 is 2.10 bits per heavy atom. The van der Waals surface area contributed by atoms with Crippen LogP contribution in [-0.4, -0.2) is 0 Å². The second-order valence-corrected chi connectivity index (χ2v) is 5.96. The third kappa shape index (κ3) is 3.62. The van der Waals surface area contributed by atoms with Gasteiger partial charge >= 0.3 is 0 Å². The molecule has 1 nitrogen and oxygen atoms in total. The molecule has 2 heteroatoms. The van der Waals surface area contributed by atoms with Crippen LogP contribution in [0.2, 0.25) is 5.02 Å². The highest BCUT2D eigenvalue weighted by Crippen LogP contribution is 2.25. The molecule has 0 aromatic heterocycles. The Hall–Kier alpha value is -1.31. The van der Waals surface area contributed by atoms with Gasteiger partial charge in [0.2, 0.25) is 0 Å². The minimum atomic E-state index is 0.222. The van der Waals surface area contributed by atoms with Gasteiger partial charge in [-0.2, -0.15) is 0 Å². The highest BCUT2D eigenvalue weighted by Gasteiger charge is 2.13. The molecule has 20 heavy (non-hydrogen) atoms. The van der Waals surface area contributed by atoms with Crippen LogP contribution in [0.15, 0.2) is 42.5 Å². The average molecular weight is 288 g/mol. The zero-order chi connectivity index (χ0) is 14.7. The summed E-state index contributed by atoms with van der Waals surface area (Å²) in [6.45, 7) is 8.63. The van der Waals surface area contributed by atoms with E-state index in [2.05, 4.69) is 57.3 Å². The highest BCUT2D eigenvalue weighted by molar-refractivity contribution is 6.31. The number of rotatable bonds is 4. The third-order valence-electron chi connectivity index (χ3n) is 3.62. The minimum absolute atomic E-state index is 0.222. The first-order chi connectivity index (χ1) is 9.47. The third-order valence-corrected chi connectivity index (χ3v) is 3.96. The second-order valence-electron chi connectivity index (χ2n) is 5.55. The molecular formula is C18H22ClN. The Bertz CT molecular complexity index is 571. The number of aryl methyl sites for hydroxylation is 2. The lowest BCUT2D eigenvalue weighted by Gasteiger charge is -2.22. The quantitative estimate of drug-likeness (QED) is 0.797. The van der Waals surface area contributed by atoms with E-state index in [1.807, 2.05) is 18.2 Å². The molecule has 106 valence electrons. The molecule has 0 aliphatic carbocycles. The summed E-state index contributed by atoms with van der Waals surface area (Å²) < 4.78 is 0. The molecule has 2 rings (SSSR count). The van der Waals surface area contributed by atoms with Crippen molar-refractivity contribution in [1.29, 1.82) is 0 Å². The Labute approximate surface area is 127 Å². The lowest BCUT2D eigenvalue weighted by molar-refractivity contribution is 0.494. The number of nitrogens with one attached hydrogen (secondary N) is 1. The zero-order valence-electron chi connectivity index (χ0n) is 12.6. The molecule has 0 saturated carbocycles. The van der Waals surface area contributed by atoms with Crippen LogP contribution in [0.5, 0.6) is 0 Å². The molecule has 2 aromatic rings. The van der Waals surface area contributed by atoms with E-state index in [0.29, 0.717) is 6.04 Å². The smallest absolute Gasteiger partial charge is 0.0453 e. The van der Waals surface area contributed by atoms with Gasteiger partial charge in [0.25, 0.3) is 0 Å². The topological polar surface area (TPSA) is 12.0 Å². The van der Waals surface area contributed by atoms with Gasteiger partial charge in [0.1, 0.15) is 0 Å². The molecule has 0 amide bonds. The van der Waals surface area contributed by atoms with E-state index >= 15 is 0 Å². The van der Waals surface area contributed by atoms with Crippen molar-refractivity contribution in [3.63, 3.8) is 0 Å². The summed E-state index contributed by atoms with van der Waals surface area (Å²) in [6, 6.07) is 15.2. The number of halogens is 1. The first-order valence-corrected chi connectivity index (χ1v) is 7.44. The Kier molecular flexibility index (Phi) is 4.85. The van der Waals surface area contributed by atoms with Gasteiger partial charge in [-0.1, -0.05) is 59.1 Å². The molecule has 0 heterocycles. The maximum absolute atomic E-state index is 6.26. The molecule has 0 aliphatic heterocycles. The molecule has 0 bridgehead atoms. The van der Waals surface area contributed by atoms with Crippen LogP contribution >= 0.6 is 11.6 Å². The SMILES string of the molecule is Cc1cc(C)cc(C(C)N[C@H](C)c2ccccc2Cl)c1. The van der Waals surface area contributed by atoms with Crippen molar-refractivity contribution in [3.8, 4) is 0 Å². The second kappa shape index (κ2) is 6.43. The molecule has 0 fully saturated rings. The molecule has 0 radical (unpaired) electrons. The van der Waals surface area contributed by atoms with Crippen LogP contribution < -0.4 is 5.32 Å². The zero-order valence-corrected chi connectivity index (χ0v) is 13.3. The standard InChI is InChI=1S/C18H22ClN/c1-12-9-13(2)11-16(10-12)14(3)20-15(4)17-7-5-6-8-18(17)19/h5-11,14-15,20H,1-4H3/t14?,15-/m1/s1. The fraction of sp³-hybridized carbons (Fsp3) is 0.333. The molecule has 0 aliphatic rings. The summed E-state index contributed by atoms with van der Waals surface area (Å²) >= 11 is 6.26. The molecule has 2 aromatic carbocycles. The summed E-state index contributed by atoms with van der Waals surface area (Å²) in [6.07, 6.45) is 0. The molecular weight excluding hydrogens is 266 g/mol. The van der Waals surface area contributed by atoms with Gasteiger partial charge in [-0.15, -0.1) is 0 Å². The van der Waals surface area contributed by atoms with E-state index < -0.39 is 0 Å². The van der Waals surface area contributed by atoms with Crippen molar-refractivity contribution in [2.45, 2.75) is 39.8 Å². The molecule has 0 saturated heterocycles. The van der Waals surface area contributed by atoms with Crippen LogP contribution in [0.25, 0.3) is 0 Å². The summed E-state index contributed by atoms with van der Waals surface area (Å²) in [5.41, 5.74) is 5.07. The number of benzene rings is 2. The Morgan fingerprint density at radius 2 is 1.50 bits per heavy atom. The fourth-order valence-corrected chi connectivity index (χ4v) is 2.95. The van der Waals surface area contributed by atoms with Gasteiger partial charge in [0, 0.05) is 17.1 Å². The highest BCUT2D eigenvalue weighted by atomic mass is 35.5. The van der Waals surface area contributed by atoms with Gasteiger partial charge in [-0.3, -0.25) is 0 Å². The van der Waals surface area contributed by atoms with E-state index in [-0.39, 0.29) is 6.04 Å². The van der Waals surface area contributed by atoms with Crippen molar-refractivity contribution in [1.82, 2.24) is 5.32 Å². The summed E-state index contributed by atoms with van der Waals surface area (Å²) in [5, 5.41) is 4.44. The maximum atomic E-state index is 6.26. The first kappa shape index (κ1) is 15.1. The van der Waals surface area contributed by atoms with Crippen LogP contribution in [0.3, 0.4) is 0 Å². The molecule has 1 unspecified atom stereocenters. The Balaban J connectivity index is 2.15. The minimum Gasteiger partial charge on any atom is -0.304 e. The van der Waals surface area contributed by atoms with Crippen LogP contribution in [0, 0.1) is 13.8 Å². The monoisotopic (exact) mass is 287 g/mol. The lowest BCUT2D eigenvalue weighted by Crippen LogP contribution is -2.22. The van der Waals surface area contributed by atoms with Gasteiger partial charge < -0.3 is 5.32 Å². The van der Waals surface area contributed by atoms with E-state index in [0.717, 1.165) is 10.6 Å². The van der Waals surface area contributed by atoms with Gasteiger partial charge in [-0.25, -0.2) is 0 Å². The van der Waals surface area contributed by atoms with Crippen LogP contribution in [-0.2, 0) is 0 Å². The predicted molar refractivity (Wildman–Crippen MR) is 87.3 cm³/mol. The Morgan fingerprint density at radius 1 is 0.900 bits per heavy atom. The maximum Gasteiger partial charge on any atom is 0.0453 e. The largest absolute Gasteiger partial charge is 0.304 e. The predicted octanol–water partition coefficient (Wildman–Crippen LogP) is 5.37. The van der Waals surface area contributed by atoms with Crippen molar-refractivity contribution in [2.75, 3.05) is 0 Å². The van der Waals surface area contributed by atoms with E-state index in [1.165, 1.54) is 16.7 Å². The van der Waals surface area contributed by atoms with Crippen molar-refractivity contribution < 1.29 is 0 Å². The molecule has 2 atom stereocenters. The lowest BCUT2D eigenvalue weighted by atomic mass is 10.0. The van der Waals surface area contributed by atoms with Crippen molar-refractivity contribution in [3.05, 3.63) is 69.7 Å². The molecule has 0 spiro atoms. The number of hydrogen-bond donors (Lipinski definition) is 1. The normalized spacial score (nSPS) is 14.1. The summed E-state index contributed by atoms with van der Waals surface area (Å²) in [4.78, 5) is 0. The van der Waals surface area contributed by atoms with E-state index in [9.17, 15) is 0 Å². The van der Waals surface area contributed by atoms with Gasteiger partial charge in [0.05, 0.1) is 0 Å². The van der Waals surface area contributed by atoms with Gasteiger partial charge in [0.15, 0.2) is 0 Å². The van der Waals surface area contributed by atoms with Crippen molar-refractivity contribution in [2.24, 2.45) is 0 Å². The van der Waals surface area contributed by atoms with E-state index in [4.69, 9.17) is 11.6 Å². The number of hydrogen-bond acceptors (Lipinski definition) is 1.